The number of hydrogen-bond donors (Lipinski definition) is 1. The first-order chi connectivity index (χ1) is 15.0. The molecule has 5 rings (SSSR count). The molecule has 0 unspecified atom stereocenters. The molecule has 1 N–H and O–H groups in total. The Kier molecular flexibility index (Phi) is 4.51. The highest BCUT2D eigenvalue weighted by Gasteiger charge is 2.14. The molecule has 0 saturated carbocycles. The summed E-state index contributed by atoms with van der Waals surface area (Å²) in [6, 6.07) is 24.0. The summed E-state index contributed by atoms with van der Waals surface area (Å²) < 4.78 is 0. The van der Waals surface area contributed by atoms with Crippen LogP contribution in [0.15, 0.2) is 72.8 Å². The minimum absolute atomic E-state index is 0.124. The SMILES string of the molecule is Cc1ccc(C(=O)Nc2cc3nn(-c4cccc5ccccc45)nc3cc2C)c(C)c1. The van der Waals surface area contributed by atoms with Gasteiger partial charge in [0.2, 0.25) is 0 Å². The molecular weight excluding hydrogens is 384 g/mol. The molecule has 1 heterocycles. The second kappa shape index (κ2) is 7.36. The summed E-state index contributed by atoms with van der Waals surface area (Å²) in [5.74, 6) is -0.124. The van der Waals surface area contributed by atoms with Crippen LogP contribution >= 0.6 is 0 Å². The third-order valence-corrected chi connectivity index (χ3v) is 5.58. The van der Waals surface area contributed by atoms with Gasteiger partial charge in [0, 0.05) is 16.6 Å². The molecule has 0 spiro atoms. The third kappa shape index (κ3) is 3.44. The summed E-state index contributed by atoms with van der Waals surface area (Å²) in [4.78, 5) is 14.5. The molecule has 152 valence electrons. The molecule has 0 atom stereocenters. The highest BCUT2D eigenvalue weighted by molar-refractivity contribution is 6.06. The van der Waals surface area contributed by atoms with Crippen LogP contribution in [0, 0.1) is 20.8 Å². The Balaban J connectivity index is 1.53. The van der Waals surface area contributed by atoms with E-state index in [-0.39, 0.29) is 5.91 Å². The molecule has 0 radical (unpaired) electrons. The number of nitrogens with one attached hydrogen (secondary N) is 1. The maximum atomic E-state index is 12.9. The normalized spacial score (nSPS) is 11.2. The van der Waals surface area contributed by atoms with Crippen LogP contribution in [0.4, 0.5) is 5.69 Å². The first kappa shape index (κ1) is 19.0. The number of carbonyl (C=O) groups is 1. The minimum Gasteiger partial charge on any atom is -0.322 e. The second-order valence-corrected chi connectivity index (χ2v) is 7.92. The van der Waals surface area contributed by atoms with E-state index in [0.29, 0.717) is 5.56 Å². The van der Waals surface area contributed by atoms with Gasteiger partial charge in [-0.1, -0.05) is 54.1 Å². The molecule has 0 aliphatic rings. The van der Waals surface area contributed by atoms with Gasteiger partial charge in [-0.3, -0.25) is 4.79 Å². The number of carbonyl (C=O) groups excluding carboxylic acids is 1. The zero-order chi connectivity index (χ0) is 21.5. The fraction of sp³-hybridized carbons (Fsp3) is 0.115. The number of aromatic nitrogens is 3. The van der Waals surface area contributed by atoms with E-state index in [1.807, 2.05) is 75.4 Å². The average Bonchev–Trinajstić information content (AvgIpc) is 3.16. The predicted octanol–water partition coefficient (Wildman–Crippen LogP) is 5.75. The Hall–Kier alpha value is -3.99. The molecule has 4 aromatic carbocycles. The molecule has 5 nitrogen and oxygen atoms in total. The zero-order valence-corrected chi connectivity index (χ0v) is 17.7. The van der Waals surface area contributed by atoms with Crippen LogP contribution in [-0.2, 0) is 0 Å². The molecule has 0 aliphatic carbocycles. The van der Waals surface area contributed by atoms with Crippen molar-refractivity contribution in [1.29, 1.82) is 0 Å². The Labute approximate surface area is 180 Å². The van der Waals surface area contributed by atoms with Crippen molar-refractivity contribution in [2.75, 3.05) is 5.32 Å². The molecule has 1 aromatic heterocycles. The number of hydrogen-bond acceptors (Lipinski definition) is 3. The fourth-order valence-electron chi connectivity index (χ4n) is 3.95. The fourth-order valence-corrected chi connectivity index (χ4v) is 3.95. The van der Waals surface area contributed by atoms with Crippen molar-refractivity contribution in [3.63, 3.8) is 0 Å². The number of rotatable bonds is 3. The molecule has 31 heavy (non-hydrogen) atoms. The van der Waals surface area contributed by atoms with Crippen LogP contribution in [0.2, 0.25) is 0 Å². The van der Waals surface area contributed by atoms with Crippen molar-refractivity contribution < 1.29 is 4.79 Å². The summed E-state index contributed by atoms with van der Waals surface area (Å²) in [5.41, 5.74) is 6.88. The summed E-state index contributed by atoms with van der Waals surface area (Å²) in [6.45, 7) is 5.94. The lowest BCUT2D eigenvalue weighted by Crippen LogP contribution is -2.14. The standard InChI is InChI=1S/C26H22N4O/c1-16-11-12-20(17(2)13-16)26(31)27-22-15-24-23(14-18(22)3)28-30(29-24)25-10-6-8-19-7-4-5-9-21(19)25/h4-15H,1-3H3,(H,27,31). The first-order valence-electron chi connectivity index (χ1n) is 10.2. The number of benzene rings is 4. The minimum atomic E-state index is -0.124. The number of amides is 1. The van der Waals surface area contributed by atoms with Gasteiger partial charge in [-0.05, 0) is 61.5 Å². The molecule has 0 bridgehead atoms. The second-order valence-electron chi connectivity index (χ2n) is 7.92. The quantitative estimate of drug-likeness (QED) is 0.415. The number of nitrogens with zero attached hydrogens (tertiary/aromatic N) is 3. The van der Waals surface area contributed by atoms with E-state index in [2.05, 4.69) is 28.6 Å². The van der Waals surface area contributed by atoms with Crippen molar-refractivity contribution in [3.8, 4) is 5.69 Å². The van der Waals surface area contributed by atoms with Crippen molar-refractivity contribution in [2.45, 2.75) is 20.8 Å². The van der Waals surface area contributed by atoms with Crippen molar-refractivity contribution in [3.05, 3.63) is 95.1 Å². The van der Waals surface area contributed by atoms with Gasteiger partial charge in [0.1, 0.15) is 11.0 Å². The molecule has 0 aliphatic heterocycles. The lowest BCUT2D eigenvalue weighted by Gasteiger charge is -2.10. The molecule has 1 amide bonds. The Bertz CT molecular complexity index is 1460. The maximum Gasteiger partial charge on any atom is 0.255 e. The molecule has 5 heteroatoms. The van der Waals surface area contributed by atoms with Gasteiger partial charge in [-0.15, -0.1) is 15.0 Å². The lowest BCUT2D eigenvalue weighted by molar-refractivity contribution is 0.102. The monoisotopic (exact) mass is 406 g/mol. The highest BCUT2D eigenvalue weighted by Crippen LogP contribution is 2.26. The van der Waals surface area contributed by atoms with Crippen LogP contribution in [0.3, 0.4) is 0 Å². The van der Waals surface area contributed by atoms with Crippen molar-refractivity contribution >= 4 is 33.4 Å². The van der Waals surface area contributed by atoms with E-state index < -0.39 is 0 Å². The Morgan fingerprint density at radius 2 is 1.55 bits per heavy atom. The number of aryl methyl sites for hydroxylation is 3. The third-order valence-electron chi connectivity index (χ3n) is 5.58. The Morgan fingerprint density at radius 3 is 2.35 bits per heavy atom. The van der Waals surface area contributed by atoms with Gasteiger partial charge in [-0.25, -0.2) is 0 Å². The van der Waals surface area contributed by atoms with Crippen LogP contribution < -0.4 is 5.32 Å². The topological polar surface area (TPSA) is 59.8 Å². The first-order valence-corrected chi connectivity index (χ1v) is 10.2. The van der Waals surface area contributed by atoms with E-state index in [9.17, 15) is 4.79 Å². The molecular formula is C26H22N4O. The summed E-state index contributed by atoms with van der Waals surface area (Å²) in [7, 11) is 0. The van der Waals surface area contributed by atoms with E-state index in [1.165, 1.54) is 0 Å². The van der Waals surface area contributed by atoms with Crippen molar-refractivity contribution in [1.82, 2.24) is 15.0 Å². The van der Waals surface area contributed by atoms with E-state index in [1.54, 1.807) is 4.80 Å². The van der Waals surface area contributed by atoms with Crippen LogP contribution in [0.1, 0.15) is 27.0 Å². The number of anilines is 1. The maximum absolute atomic E-state index is 12.9. The summed E-state index contributed by atoms with van der Waals surface area (Å²) >= 11 is 0. The van der Waals surface area contributed by atoms with Gasteiger partial charge in [-0.2, -0.15) is 0 Å². The zero-order valence-electron chi connectivity index (χ0n) is 17.7. The summed E-state index contributed by atoms with van der Waals surface area (Å²) in [5, 5.41) is 14.7. The molecule has 0 fully saturated rings. The van der Waals surface area contributed by atoms with E-state index in [4.69, 9.17) is 5.10 Å². The van der Waals surface area contributed by atoms with Crippen LogP contribution in [0.5, 0.6) is 0 Å². The predicted molar refractivity (Wildman–Crippen MR) is 125 cm³/mol. The molecule has 5 aromatic rings. The summed E-state index contributed by atoms with van der Waals surface area (Å²) in [6.07, 6.45) is 0. The molecule has 0 saturated heterocycles. The smallest absolute Gasteiger partial charge is 0.255 e. The van der Waals surface area contributed by atoms with E-state index >= 15 is 0 Å². The highest BCUT2D eigenvalue weighted by atomic mass is 16.1. The van der Waals surface area contributed by atoms with Crippen molar-refractivity contribution in [2.24, 2.45) is 0 Å². The van der Waals surface area contributed by atoms with E-state index in [0.717, 1.165) is 49.9 Å². The lowest BCUT2D eigenvalue weighted by atomic mass is 10.0. The van der Waals surface area contributed by atoms with Gasteiger partial charge in [0.25, 0.3) is 5.91 Å². The van der Waals surface area contributed by atoms with Gasteiger partial charge in [0.05, 0.1) is 5.69 Å². The van der Waals surface area contributed by atoms with Crippen LogP contribution in [-0.4, -0.2) is 20.9 Å². The number of fused-ring (bicyclic) bond motifs is 2. The van der Waals surface area contributed by atoms with Gasteiger partial charge in [0.15, 0.2) is 0 Å². The van der Waals surface area contributed by atoms with Gasteiger partial charge < -0.3 is 5.32 Å². The van der Waals surface area contributed by atoms with Crippen LogP contribution in [0.25, 0.3) is 27.5 Å². The Morgan fingerprint density at radius 1 is 0.806 bits per heavy atom. The largest absolute Gasteiger partial charge is 0.322 e. The van der Waals surface area contributed by atoms with Gasteiger partial charge >= 0.3 is 0 Å². The average molecular weight is 406 g/mol.